The van der Waals surface area contributed by atoms with Crippen molar-refractivity contribution in [1.82, 2.24) is 14.9 Å². The number of amides is 1. The molecule has 1 aliphatic rings. The van der Waals surface area contributed by atoms with E-state index in [4.69, 9.17) is 9.72 Å². The van der Waals surface area contributed by atoms with E-state index in [1.807, 2.05) is 17.6 Å². The maximum absolute atomic E-state index is 12.4. The topological polar surface area (TPSA) is 56.2 Å². The number of benzene rings is 1. The molecule has 2 aromatic rings. The predicted molar refractivity (Wildman–Crippen MR) is 108 cm³/mol. The van der Waals surface area contributed by atoms with E-state index in [0.717, 1.165) is 38.4 Å². The Morgan fingerprint density at radius 2 is 1.93 bits per heavy atom. The van der Waals surface area contributed by atoms with Gasteiger partial charge in [0, 0.05) is 42.5 Å². The monoisotopic (exact) mass is 423 g/mol. The fourth-order valence-corrected chi connectivity index (χ4v) is 3.60. The van der Waals surface area contributed by atoms with Crippen molar-refractivity contribution in [3.63, 3.8) is 0 Å². The maximum Gasteiger partial charge on any atom is 0.405 e. The molecule has 0 aliphatic carbocycles. The number of alkyl halides is 3. The van der Waals surface area contributed by atoms with Crippen molar-refractivity contribution >= 4 is 5.91 Å². The van der Waals surface area contributed by atoms with Gasteiger partial charge in [0.1, 0.15) is 12.4 Å². The molecule has 0 atom stereocenters. The first-order chi connectivity index (χ1) is 14.0. The number of ether oxygens (including phenoxy) is 1. The Labute approximate surface area is 174 Å². The van der Waals surface area contributed by atoms with Gasteiger partial charge in [0.25, 0.3) is 5.91 Å². The summed E-state index contributed by atoms with van der Waals surface area (Å²) in [5.74, 6) is 0.698. The second-order valence-electron chi connectivity index (χ2n) is 8.79. The summed E-state index contributed by atoms with van der Waals surface area (Å²) >= 11 is 0. The van der Waals surface area contributed by atoms with Gasteiger partial charge in [-0.15, -0.1) is 0 Å². The fourth-order valence-electron chi connectivity index (χ4n) is 3.60. The molecular formula is C22H28F3N3O2. The van der Waals surface area contributed by atoms with Gasteiger partial charge in [-0.1, -0.05) is 32.9 Å². The summed E-state index contributed by atoms with van der Waals surface area (Å²) in [6, 6.07) is 6.55. The number of hydrogen-bond donors (Lipinski definition) is 1. The highest BCUT2D eigenvalue weighted by atomic mass is 19.4. The Morgan fingerprint density at radius 3 is 2.57 bits per heavy atom. The molecular weight excluding hydrogens is 395 g/mol. The molecule has 1 amide bonds. The summed E-state index contributed by atoms with van der Waals surface area (Å²) in [5.41, 5.74) is 1.40. The van der Waals surface area contributed by atoms with Gasteiger partial charge in [0.2, 0.25) is 0 Å². The van der Waals surface area contributed by atoms with E-state index in [1.165, 1.54) is 6.07 Å². The summed E-state index contributed by atoms with van der Waals surface area (Å²) in [4.78, 5) is 16.9. The van der Waals surface area contributed by atoms with Crippen LogP contribution >= 0.6 is 0 Å². The molecule has 1 aromatic carbocycles. The van der Waals surface area contributed by atoms with E-state index < -0.39 is 18.6 Å². The van der Waals surface area contributed by atoms with Crippen LogP contribution in [0.4, 0.5) is 13.2 Å². The number of hydrogen-bond acceptors (Lipinski definition) is 3. The second kappa shape index (κ2) is 8.79. The zero-order valence-corrected chi connectivity index (χ0v) is 17.6. The molecule has 1 aromatic heterocycles. The third-order valence-electron chi connectivity index (χ3n) is 5.11. The van der Waals surface area contributed by atoms with Crippen molar-refractivity contribution in [3.05, 3.63) is 41.9 Å². The Kier molecular flexibility index (Phi) is 6.55. The quantitative estimate of drug-likeness (QED) is 0.767. The normalized spacial score (nSPS) is 15.9. The van der Waals surface area contributed by atoms with E-state index >= 15 is 0 Å². The Morgan fingerprint density at radius 1 is 1.23 bits per heavy atom. The molecule has 8 heteroatoms. The number of halogens is 3. The van der Waals surface area contributed by atoms with Crippen LogP contribution in [-0.2, 0) is 16.7 Å². The van der Waals surface area contributed by atoms with Gasteiger partial charge in [-0.3, -0.25) is 4.79 Å². The third-order valence-corrected chi connectivity index (χ3v) is 5.11. The number of aromatic nitrogens is 2. The molecule has 1 fully saturated rings. The largest absolute Gasteiger partial charge is 0.405 e. The molecule has 3 rings (SSSR count). The predicted octanol–water partition coefficient (Wildman–Crippen LogP) is 4.57. The van der Waals surface area contributed by atoms with Gasteiger partial charge in [0.15, 0.2) is 0 Å². The maximum atomic E-state index is 12.4. The number of rotatable bonds is 5. The first-order valence-corrected chi connectivity index (χ1v) is 10.1. The molecule has 0 saturated carbocycles. The molecule has 0 spiro atoms. The summed E-state index contributed by atoms with van der Waals surface area (Å²) < 4.78 is 44.8. The molecule has 1 aliphatic heterocycles. The molecule has 1 saturated heterocycles. The van der Waals surface area contributed by atoms with Crippen molar-refractivity contribution in [2.75, 3.05) is 19.8 Å². The number of nitrogens with zero attached hydrogens (tertiary/aromatic N) is 2. The minimum atomic E-state index is -4.45. The van der Waals surface area contributed by atoms with Crippen molar-refractivity contribution in [3.8, 4) is 11.3 Å². The molecule has 0 radical (unpaired) electrons. The lowest BCUT2D eigenvalue weighted by molar-refractivity contribution is -0.123. The number of carbonyl (C=O) groups excluding carboxylic acids is 1. The Bertz CT molecular complexity index is 878. The number of imidazole rings is 1. The average molecular weight is 423 g/mol. The smallest absolute Gasteiger partial charge is 0.381 e. The minimum absolute atomic E-state index is 0.174. The van der Waals surface area contributed by atoms with Gasteiger partial charge in [0.05, 0.1) is 5.69 Å². The van der Waals surface area contributed by atoms with Crippen LogP contribution in [0.5, 0.6) is 0 Å². The second-order valence-corrected chi connectivity index (χ2v) is 8.79. The van der Waals surface area contributed by atoms with Crippen molar-refractivity contribution < 1.29 is 22.7 Å². The van der Waals surface area contributed by atoms with Crippen LogP contribution in [-0.4, -0.2) is 41.4 Å². The van der Waals surface area contributed by atoms with Crippen LogP contribution in [0.2, 0.25) is 0 Å². The third kappa shape index (κ3) is 5.84. The fraction of sp³-hybridized carbons (Fsp3) is 0.545. The van der Waals surface area contributed by atoms with Crippen molar-refractivity contribution in [2.45, 2.75) is 51.7 Å². The van der Waals surface area contributed by atoms with E-state index in [9.17, 15) is 18.0 Å². The highest BCUT2D eigenvalue weighted by Crippen LogP contribution is 2.29. The van der Waals surface area contributed by atoms with Gasteiger partial charge in [-0.05, 0) is 30.9 Å². The molecule has 0 unspecified atom stereocenters. The lowest BCUT2D eigenvalue weighted by Gasteiger charge is -2.25. The van der Waals surface area contributed by atoms with E-state index in [1.54, 1.807) is 12.1 Å². The van der Waals surface area contributed by atoms with Crippen LogP contribution in [0, 0.1) is 5.92 Å². The highest BCUT2D eigenvalue weighted by Gasteiger charge is 2.28. The lowest BCUT2D eigenvalue weighted by atomic mass is 9.94. The SMILES string of the molecule is CC(C)(C)c1nc(-c2cccc(C(=O)NCC(F)(F)F)c2)cn1CC1CCOCC1. The zero-order chi connectivity index (χ0) is 21.9. The van der Waals surface area contributed by atoms with Gasteiger partial charge >= 0.3 is 6.18 Å². The molecule has 2 heterocycles. The molecule has 164 valence electrons. The van der Waals surface area contributed by atoms with Crippen molar-refractivity contribution in [2.24, 2.45) is 5.92 Å². The highest BCUT2D eigenvalue weighted by molar-refractivity contribution is 5.95. The van der Waals surface area contributed by atoms with E-state index in [2.05, 4.69) is 25.3 Å². The van der Waals surface area contributed by atoms with Gasteiger partial charge in [-0.2, -0.15) is 13.2 Å². The Balaban J connectivity index is 1.85. The van der Waals surface area contributed by atoms with Crippen LogP contribution < -0.4 is 5.32 Å². The first-order valence-electron chi connectivity index (χ1n) is 10.1. The molecule has 1 N–H and O–H groups in total. The average Bonchev–Trinajstić information content (AvgIpc) is 3.11. The number of carbonyl (C=O) groups is 1. The Hall–Kier alpha value is -2.35. The van der Waals surface area contributed by atoms with Crippen LogP contribution in [0.3, 0.4) is 0 Å². The van der Waals surface area contributed by atoms with Crippen molar-refractivity contribution in [1.29, 1.82) is 0 Å². The molecule has 30 heavy (non-hydrogen) atoms. The zero-order valence-electron chi connectivity index (χ0n) is 17.6. The molecule has 5 nitrogen and oxygen atoms in total. The van der Waals surface area contributed by atoms with Crippen LogP contribution in [0.1, 0.15) is 49.8 Å². The summed E-state index contributed by atoms with van der Waals surface area (Å²) in [6.07, 6.45) is -0.460. The van der Waals surface area contributed by atoms with E-state index in [-0.39, 0.29) is 11.0 Å². The van der Waals surface area contributed by atoms with Crippen LogP contribution in [0.15, 0.2) is 30.5 Å². The number of nitrogens with one attached hydrogen (secondary N) is 1. The van der Waals surface area contributed by atoms with Gasteiger partial charge in [-0.25, -0.2) is 4.98 Å². The van der Waals surface area contributed by atoms with Gasteiger partial charge < -0.3 is 14.6 Å². The summed E-state index contributed by atoms with van der Waals surface area (Å²) in [5, 5.41) is 1.91. The summed E-state index contributed by atoms with van der Waals surface area (Å²) in [7, 11) is 0. The standard InChI is InChI=1S/C22H28F3N3O2/c1-21(2,3)20-27-18(13-28(20)12-15-7-9-30-10-8-15)16-5-4-6-17(11-16)19(29)26-14-22(23,24)25/h4-6,11,13,15H,7-10,12,14H2,1-3H3,(H,26,29). The minimum Gasteiger partial charge on any atom is -0.381 e. The van der Waals surface area contributed by atoms with Crippen LogP contribution in [0.25, 0.3) is 11.3 Å². The summed E-state index contributed by atoms with van der Waals surface area (Å²) in [6.45, 7) is 7.32. The molecule has 0 bridgehead atoms. The first kappa shape index (κ1) is 22.3. The van der Waals surface area contributed by atoms with E-state index in [0.29, 0.717) is 17.2 Å². The lowest BCUT2D eigenvalue weighted by Crippen LogP contribution is -2.33.